The van der Waals surface area contributed by atoms with E-state index < -0.39 is 0 Å². The van der Waals surface area contributed by atoms with E-state index in [1.807, 2.05) is 78.9 Å². The Balaban J connectivity index is 1.52. The molecular formula is C27H19FN2O2S. The molecule has 4 nitrogen and oxygen atoms in total. The van der Waals surface area contributed by atoms with Gasteiger partial charge in [0.25, 0.3) is 5.56 Å². The zero-order valence-corrected chi connectivity index (χ0v) is 18.3. The fourth-order valence-electron chi connectivity index (χ4n) is 3.50. The van der Waals surface area contributed by atoms with Crippen molar-refractivity contribution in [1.82, 2.24) is 9.55 Å². The van der Waals surface area contributed by atoms with Crippen molar-refractivity contribution < 1.29 is 9.13 Å². The van der Waals surface area contributed by atoms with Gasteiger partial charge in [-0.15, -0.1) is 0 Å². The molecule has 0 saturated carbocycles. The number of thioether (sulfide) groups is 1. The van der Waals surface area contributed by atoms with Crippen molar-refractivity contribution in [2.75, 3.05) is 0 Å². The molecular weight excluding hydrogens is 435 g/mol. The molecule has 4 aromatic carbocycles. The third-order valence-corrected chi connectivity index (χ3v) is 6.09. The van der Waals surface area contributed by atoms with Gasteiger partial charge in [-0.05, 0) is 66.2 Å². The van der Waals surface area contributed by atoms with E-state index in [1.54, 1.807) is 16.7 Å². The summed E-state index contributed by atoms with van der Waals surface area (Å²) >= 11 is 1.39. The van der Waals surface area contributed by atoms with Crippen molar-refractivity contribution in [2.45, 2.75) is 10.9 Å². The van der Waals surface area contributed by atoms with Crippen molar-refractivity contribution in [3.8, 4) is 17.2 Å². The highest BCUT2D eigenvalue weighted by molar-refractivity contribution is 7.98. The highest BCUT2D eigenvalue weighted by atomic mass is 32.2. The number of para-hydroxylation sites is 2. The van der Waals surface area contributed by atoms with Crippen LogP contribution in [0.3, 0.4) is 0 Å². The highest BCUT2D eigenvalue weighted by Crippen LogP contribution is 2.27. The summed E-state index contributed by atoms with van der Waals surface area (Å²) in [5.74, 6) is 1.60. The minimum atomic E-state index is -0.286. The number of hydrogen-bond acceptors (Lipinski definition) is 4. The third kappa shape index (κ3) is 4.66. The van der Waals surface area contributed by atoms with Crippen LogP contribution in [0.4, 0.5) is 4.39 Å². The summed E-state index contributed by atoms with van der Waals surface area (Å²) in [5, 5.41) is 1.08. The normalized spacial score (nSPS) is 10.9. The Morgan fingerprint density at radius 1 is 0.818 bits per heavy atom. The number of rotatable bonds is 6. The van der Waals surface area contributed by atoms with E-state index in [4.69, 9.17) is 9.72 Å². The van der Waals surface area contributed by atoms with Gasteiger partial charge in [0.2, 0.25) is 0 Å². The van der Waals surface area contributed by atoms with Crippen LogP contribution < -0.4 is 10.3 Å². The van der Waals surface area contributed by atoms with E-state index in [9.17, 15) is 9.18 Å². The molecule has 33 heavy (non-hydrogen) atoms. The Hall–Kier alpha value is -3.90. The third-order valence-electron chi connectivity index (χ3n) is 5.08. The number of benzene rings is 4. The molecule has 0 unspecified atom stereocenters. The molecule has 0 saturated heterocycles. The van der Waals surface area contributed by atoms with Gasteiger partial charge in [0.05, 0.1) is 16.6 Å². The first-order chi connectivity index (χ1) is 16.2. The quantitative estimate of drug-likeness (QED) is 0.214. The molecule has 1 heterocycles. The molecule has 0 spiro atoms. The second-order valence-electron chi connectivity index (χ2n) is 7.38. The van der Waals surface area contributed by atoms with Gasteiger partial charge in [-0.3, -0.25) is 9.36 Å². The minimum absolute atomic E-state index is 0.154. The molecule has 0 aliphatic heterocycles. The van der Waals surface area contributed by atoms with E-state index >= 15 is 0 Å². The number of aromatic nitrogens is 2. The lowest BCUT2D eigenvalue weighted by atomic mass is 10.2. The fourth-order valence-corrected chi connectivity index (χ4v) is 4.46. The predicted molar refractivity (Wildman–Crippen MR) is 130 cm³/mol. The molecule has 0 aliphatic carbocycles. The average Bonchev–Trinajstić information content (AvgIpc) is 2.84. The molecule has 5 aromatic rings. The van der Waals surface area contributed by atoms with Crippen LogP contribution >= 0.6 is 11.8 Å². The number of fused-ring (bicyclic) bond motifs is 1. The molecule has 0 N–H and O–H groups in total. The lowest BCUT2D eigenvalue weighted by molar-refractivity contribution is 0.482. The zero-order chi connectivity index (χ0) is 22.6. The largest absolute Gasteiger partial charge is 0.457 e. The SMILES string of the molecule is O=c1c2ccccc2nc(SCc2cccc(F)c2)n1-c1ccc(Oc2ccccc2)cc1. The van der Waals surface area contributed by atoms with E-state index in [-0.39, 0.29) is 11.4 Å². The monoisotopic (exact) mass is 454 g/mol. The van der Waals surface area contributed by atoms with Crippen molar-refractivity contribution in [1.29, 1.82) is 0 Å². The first kappa shape index (κ1) is 21.0. The number of nitrogens with zero attached hydrogens (tertiary/aromatic N) is 2. The van der Waals surface area contributed by atoms with Crippen molar-refractivity contribution >= 4 is 22.7 Å². The first-order valence-electron chi connectivity index (χ1n) is 10.4. The zero-order valence-electron chi connectivity index (χ0n) is 17.5. The van der Waals surface area contributed by atoms with Gasteiger partial charge in [0, 0.05) is 5.75 Å². The van der Waals surface area contributed by atoms with Gasteiger partial charge in [-0.25, -0.2) is 9.37 Å². The maximum absolute atomic E-state index is 13.6. The Morgan fingerprint density at radius 3 is 2.33 bits per heavy atom. The fraction of sp³-hybridized carbons (Fsp3) is 0.0370. The summed E-state index contributed by atoms with van der Waals surface area (Å²) in [6, 6.07) is 30.5. The van der Waals surface area contributed by atoms with Gasteiger partial charge < -0.3 is 4.74 Å². The summed E-state index contributed by atoms with van der Waals surface area (Å²) in [5.41, 5.74) is 1.98. The van der Waals surface area contributed by atoms with E-state index in [2.05, 4.69) is 0 Å². The molecule has 0 atom stereocenters. The maximum atomic E-state index is 13.6. The molecule has 0 radical (unpaired) electrons. The number of ether oxygens (including phenoxy) is 1. The Labute approximate surface area is 194 Å². The van der Waals surface area contributed by atoms with E-state index in [0.717, 1.165) is 11.3 Å². The predicted octanol–water partition coefficient (Wildman–Crippen LogP) is 6.61. The van der Waals surface area contributed by atoms with Crippen LogP contribution in [0, 0.1) is 5.82 Å². The van der Waals surface area contributed by atoms with Crippen molar-refractivity contribution in [3.05, 3.63) is 125 Å². The molecule has 1 aromatic heterocycles. The van der Waals surface area contributed by atoms with Crippen LogP contribution in [0.25, 0.3) is 16.6 Å². The number of hydrogen-bond donors (Lipinski definition) is 0. The van der Waals surface area contributed by atoms with Crippen molar-refractivity contribution in [2.24, 2.45) is 0 Å². The van der Waals surface area contributed by atoms with Gasteiger partial charge in [0.1, 0.15) is 17.3 Å². The molecule has 5 rings (SSSR count). The lowest BCUT2D eigenvalue weighted by Gasteiger charge is -2.14. The van der Waals surface area contributed by atoms with Crippen LogP contribution in [0.2, 0.25) is 0 Å². The molecule has 6 heteroatoms. The van der Waals surface area contributed by atoms with Crippen LogP contribution in [0.15, 0.2) is 113 Å². The Bertz CT molecular complexity index is 1470. The second-order valence-corrected chi connectivity index (χ2v) is 8.32. The summed E-state index contributed by atoms with van der Waals surface area (Å²) < 4.78 is 21.1. The van der Waals surface area contributed by atoms with Crippen LogP contribution in [0.1, 0.15) is 5.56 Å². The van der Waals surface area contributed by atoms with Crippen LogP contribution in [-0.2, 0) is 5.75 Å². The topological polar surface area (TPSA) is 44.1 Å². The van der Waals surface area contributed by atoms with E-state index in [0.29, 0.717) is 33.2 Å². The minimum Gasteiger partial charge on any atom is -0.457 e. The number of halogens is 1. The maximum Gasteiger partial charge on any atom is 0.266 e. The summed E-state index contributed by atoms with van der Waals surface area (Å²) in [6.45, 7) is 0. The molecule has 0 amide bonds. The first-order valence-corrected chi connectivity index (χ1v) is 11.4. The van der Waals surface area contributed by atoms with E-state index in [1.165, 1.54) is 23.9 Å². The standard InChI is InChI=1S/C27H19FN2O2S/c28-20-8-6-7-19(17-20)18-33-27-29-25-12-5-4-11-24(25)26(31)30(27)21-13-15-23(16-14-21)32-22-9-2-1-3-10-22/h1-17H,18H2. The van der Waals surface area contributed by atoms with Crippen LogP contribution in [0.5, 0.6) is 11.5 Å². The van der Waals surface area contributed by atoms with Gasteiger partial charge in [-0.1, -0.05) is 54.2 Å². The molecule has 0 aliphatic rings. The van der Waals surface area contributed by atoms with Crippen LogP contribution in [-0.4, -0.2) is 9.55 Å². The Morgan fingerprint density at radius 2 is 1.55 bits per heavy atom. The average molecular weight is 455 g/mol. The summed E-state index contributed by atoms with van der Waals surface area (Å²) in [7, 11) is 0. The second kappa shape index (κ2) is 9.30. The highest BCUT2D eigenvalue weighted by Gasteiger charge is 2.14. The molecule has 0 fully saturated rings. The smallest absolute Gasteiger partial charge is 0.266 e. The Kier molecular flexibility index (Phi) is 5.91. The lowest BCUT2D eigenvalue weighted by Crippen LogP contribution is -2.21. The molecule has 162 valence electrons. The summed E-state index contributed by atoms with van der Waals surface area (Å²) in [4.78, 5) is 18.2. The van der Waals surface area contributed by atoms with Crippen molar-refractivity contribution in [3.63, 3.8) is 0 Å². The van der Waals surface area contributed by atoms with Gasteiger partial charge in [-0.2, -0.15) is 0 Å². The van der Waals surface area contributed by atoms with Gasteiger partial charge >= 0.3 is 0 Å². The molecule has 0 bridgehead atoms. The van der Waals surface area contributed by atoms with Gasteiger partial charge in [0.15, 0.2) is 5.16 Å². The summed E-state index contributed by atoms with van der Waals surface area (Å²) in [6.07, 6.45) is 0.